The molecule has 1 aliphatic rings. The first-order chi connectivity index (χ1) is 15.1. The number of rotatable bonds is 4. The van der Waals surface area contributed by atoms with Gasteiger partial charge in [-0.3, -0.25) is 0 Å². The summed E-state index contributed by atoms with van der Waals surface area (Å²) >= 11 is 0. The molecule has 3 atom stereocenters. The van der Waals surface area contributed by atoms with E-state index in [2.05, 4.69) is 11.8 Å². The maximum absolute atomic E-state index is 13.9. The van der Waals surface area contributed by atoms with Gasteiger partial charge in [0.05, 0.1) is 12.2 Å². The molecule has 0 bridgehead atoms. The quantitative estimate of drug-likeness (QED) is 0.711. The van der Waals surface area contributed by atoms with E-state index < -0.39 is 21.9 Å². The smallest absolute Gasteiger partial charge is 0.247 e. The Morgan fingerprint density at radius 3 is 2.62 bits per heavy atom. The number of ether oxygens (including phenoxy) is 1. The zero-order valence-corrected chi connectivity index (χ0v) is 19.6. The van der Waals surface area contributed by atoms with E-state index in [9.17, 15) is 17.9 Å². The molecule has 0 radical (unpaired) electrons. The summed E-state index contributed by atoms with van der Waals surface area (Å²) in [6.45, 7) is 4.16. The molecule has 0 saturated heterocycles. The molecule has 0 saturated carbocycles. The fraction of sp³-hybridized carbons (Fsp3) is 0.417. The lowest BCUT2D eigenvalue weighted by Crippen LogP contribution is -2.49. The Balaban J connectivity index is 2.09. The van der Waals surface area contributed by atoms with Crippen LogP contribution < -0.4 is 4.74 Å². The molecule has 1 N–H and O–H groups in total. The van der Waals surface area contributed by atoms with Gasteiger partial charge >= 0.3 is 0 Å². The van der Waals surface area contributed by atoms with E-state index in [1.165, 1.54) is 16.4 Å². The van der Waals surface area contributed by atoms with Gasteiger partial charge in [-0.25, -0.2) is 12.8 Å². The van der Waals surface area contributed by atoms with Crippen molar-refractivity contribution < 1.29 is 22.7 Å². The number of sulfonamides is 1. The Labute approximate surface area is 189 Å². The Bertz CT molecular complexity index is 1120. The van der Waals surface area contributed by atoms with Crippen molar-refractivity contribution in [2.24, 2.45) is 5.92 Å². The maximum atomic E-state index is 13.9. The van der Waals surface area contributed by atoms with Gasteiger partial charge in [0.1, 0.15) is 22.6 Å². The maximum Gasteiger partial charge on any atom is 0.247 e. The molecule has 0 fully saturated rings. The van der Waals surface area contributed by atoms with Crippen LogP contribution in [0.1, 0.15) is 25.0 Å². The average molecular weight is 461 g/mol. The first-order valence-electron chi connectivity index (χ1n) is 10.5. The number of aliphatic hydroxyl groups excluding tert-OH is 1. The standard InChI is InChI=1S/C24H29FN2O4S/c1-17-14-27(18(2)16-28)32(29,30)24-12-10-19(9-11-20-7-5-6-8-21(20)25)13-22(24)31-23(17)15-26(3)4/h5-8,10,12-13,17-18,23,28H,14-16H2,1-4H3/t17-,18+,23-/m0/s1. The molecule has 32 heavy (non-hydrogen) atoms. The molecule has 8 heteroatoms. The van der Waals surface area contributed by atoms with E-state index in [-0.39, 0.29) is 41.4 Å². The molecule has 1 aliphatic heterocycles. The number of aliphatic hydroxyl groups is 1. The fourth-order valence-electron chi connectivity index (χ4n) is 3.58. The molecule has 2 aromatic rings. The van der Waals surface area contributed by atoms with Crippen LogP contribution >= 0.6 is 0 Å². The van der Waals surface area contributed by atoms with E-state index >= 15 is 0 Å². The summed E-state index contributed by atoms with van der Waals surface area (Å²) in [5.41, 5.74) is 0.774. The number of benzene rings is 2. The highest BCUT2D eigenvalue weighted by Gasteiger charge is 2.37. The van der Waals surface area contributed by atoms with Crippen molar-refractivity contribution in [3.8, 4) is 17.6 Å². The molecule has 2 aromatic carbocycles. The monoisotopic (exact) mass is 460 g/mol. The summed E-state index contributed by atoms with van der Waals surface area (Å²) in [4.78, 5) is 2.02. The Kier molecular flexibility index (Phi) is 7.57. The molecule has 3 rings (SSSR count). The number of hydrogen-bond acceptors (Lipinski definition) is 5. The number of halogens is 1. The molecule has 1 heterocycles. The highest BCUT2D eigenvalue weighted by molar-refractivity contribution is 7.89. The molecule has 172 valence electrons. The van der Waals surface area contributed by atoms with Crippen LogP contribution in [0.4, 0.5) is 4.39 Å². The molecular weight excluding hydrogens is 431 g/mol. The normalized spacial score (nSPS) is 21.5. The van der Waals surface area contributed by atoms with Gasteiger partial charge in [-0.15, -0.1) is 0 Å². The van der Waals surface area contributed by atoms with Gasteiger partial charge in [0.25, 0.3) is 0 Å². The third kappa shape index (κ3) is 5.30. The van der Waals surface area contributed by atoms with Crippen molar-refractivity contribution in [1.29, 1.82) is 0 Å². The zero-order valence-electron chi connectivity index (χ0n) is 18.7. The molecule has 0 unspecified atom stereocenters. The van der Waals surface area contributed by atoms with Crippen LogP contribution in [0.25, 0.3) is 0 Å². The summed E-state index contributed by atoms with van der Waals surface area (Å²) in [6, 6.07) is 10.3. The summed E-state index contributed by atoms with van der Waals surface area (Å²) in [5.74, 6) is 5.36. The van der Waals surface area contributed by atoms with Crippen molar-refractivity contribution in [3.63, 3.8) is 0 Å². The van der Waals surface area contributed by atoms with E-state index in [4.69, 9.17) is 4.74 Å². The number of hydrogen-bond donors (Lipinski definition) is 1. The van der Waals surface area contributed by atoms with Crippen molar-refractivity contribution in [2.75, 3.05) is 33.8 Å². The highest BCUT2D eigenvalue weighted by atomic mass is 32.2. The highest BCUT2D eigenvalue weighted by Crippen LogP contribution is 2.34. The molecule has 6 nitrogen and oxygen atoms in total. The van der Waals surface area contributed by atoms with E-state index in [0.717, 1.165) is 0 Å². The summed E-state index contributed by atoms with van der Waals surface area (Å²) < 4.78 is 48.3. The lowest BCUT2D eigenvalue weighted by atomic mass is 10.0. The third-order valence-electron chi connectivity index (χ3n) is 5.43. The Morgan fingerprint density at radius 2 is 1.97 bits per heavy atom. The third-order valence-corrected chi connectivity index (χ3v) is 7.45. The summed E-state index contributed by atoms with van der Waals surface area (Å²) in [5, 5.41) is 9.68. The Hall–Kier alpha value is -2.44. The fourth-order valence-corrected chi connectivity index (χ4v) is 5.41. The van der Waals surface area contributed by atoms with Crippen LogP contribution in [0.5, 0.6) is 5.75 Å². The Morgan fingerprint density at radius 1 is 1.25 bits per heavy atom. The van der Waals surface area contributed by atoms with Gasteiger partial charge in [-0.05, 0) is 51.4 Å². The lowest BCUT2D eigenvalue weighted by Gasteiger charge is -2.37. The molecule has 0 aromatic heterocycles. The summed E-state index contributed by atoms with van der Waals surface area (Å²) in [6.07, 6.45) is -0.276. The lowest BCUT2D eigenvalue weighted by molar-refractivity contribution is 0.0812. The van der Waals surface area contributed by atoms with Crippen molar-refractivity contribution in [1.82, 2.24) is 9.21 Å². The predicted octanol–water partition coefficient (Wildman–Crippen LogP) is 2.56. The van der Waals surface area contributed by atoms with Crippen LogP contribution in [0, 0.1) is 23.6 Å². The van der Waals surface area contributed by atoms with Crippen molar-refractivity contribution in [2.45, 2.75) is 30.9 Å². The SMILES string of the molecule is C[C@H](CO)N1C[C@H](C)[C@H](CN(C)C)Oc2cc(C#Cc3ccccc3F)ccc2S1(=O)=O. The van der Waals surface area contributed by atoms with Gasteiger partial charge in [0.15, 0.2) is 0 Å². The van der Waals surface area contributed by atoms with E-state index in [0.29, 0.717) is 12.1 Å². The minimum absolute atomic E-state index is 0.0323. The number of nitrogens with zero attached hydrogens (tertiary/aromatic N) is 2. The van der Waals surface area contributed by atoms with Gasteiger partial charge in [-0.1, -0.05) is 30.9 Å². The topological polar surface area (TPSA) is 70.1 Å². The van der Waals surface area contributed by atoms with Gasteiger partial charge in [0.2, 0.25) is 10.0 Å². The van der Waals surface area contributed by atoms with Crippen LogP contribution in [0.2, 0.25) is 0 Å². The first kappa shape index (κ1) is 24.2. The minimum atomic E-state index is -3.90. The predicted molar refractivity (Wildman–Crippen MR) is 121 cm³/mol. The molecular formula is C24H29FN2O4S. The first-order valence-corrected chi connectivity index (χ1v) is 11.9. The largest absolute Gasteiger partial charge is 0.487 e. The second-order valence-corrected chi connectivity index (χ2v) is 10.3. The zero-order chi connectivity index (χ0) is 23.5. The molecule has 0 spiro atoms. The van der Waals surface area contributed by atoms with Crippen molar-refractivity contribution >= 4 is 10.0 Å². The minimum Gasteiger partial charge on any atom is -0.487 e. The van der Waals surface area contributed by atoms with Crippen LogP contribution in [0.15, 0.2) is 47.4 Å². The number of likely N-dealkylation sites (N-methyl/N-ethyl adjacent to an activating group) is 1. The average Bonchev–Trinajstić information content (AvgIpc) is 2.74. The van der Waals surface area contributed by atoms with Crippen LogP contribution in [-0.4, -0.2) is 68.7 Å². The summed E-state index contributed by atoms with van der Waals surface area (Å²) in [7, 11) is -0.0478. The van der Waals surface area contributed by atoms with E-state index in [1.807, 2.05) is 25.9 Å². The second kappa shape index (κ2) is 10.0. The molecule has 0 aliphatic carbocycles. The van der Waals surface area contributed by atoms with Crippen LogP contribution in [0.3, 0.4) is 0 Å². The second-order valence-electron chi connectivity index (χ2n) is 8.39. The molecule has 0 amide bonds. The van der Waals surface area contributed by atoms with Gasteiger partial charge in [0, 0.05) is 30.6 Å². The van der Waals surface area contributed by atoms with Crippen LogP contribution in [-0.2, 0) is 10.0 Å². The van der Waals surface area contributed by atoms with Crippen molar-refractivity contribution in [3.05, 3.63) is 59.4 Å². The van der Waals surface area contributed by atoms with E-state index in [1.54, 1.807) is 37.3 Å². The number of fused-ring (bicyclic) bond motifs is 1. The van der Waals surface area contributed by atoms with Gasteiger partial charge in [-0.2, -0.15) is 4.31 Å². The van der Waals surface area contributed by atoms with Gasteiger partial charge < -0.3 is 14.7 Å².